The molecule has 0 aromatic carbocycles. The second kappa shape index (κ2) is 3.64. The van der Waals surface area contributed by atoms with Crippen LogP contribution in [0.2, 0.25) is 0 Å². The summed E-state index contributed by atoms with van der Waals surface area (Å²) in [7, 11) is 0. The molecule has 0 saturated heterocycles. The Labute approximate surface area is 97.6 Å². The van der Waals surface area contributed by atoms with E-state index in [-0.39, 0.29) is 17.9 Å². The van der Waals surface area contributed by atoms with Gasteiger partial charge in [-0.2, -0.15) is 5.26 Å². The van der Waals surface area contributed by atoms with Crippen molar-refractivity contribution < 1.29 is 0 Å². The van der Waals surface area contributed by atoms with Gasteiger partial charge in [0.1, 0.15) is 0 Å². The van der Waals surface area contributed by atoms with E-state index in [1.165, 1.54) is 25.7 Å². The van der Waals surface area contributed by atoms with Crippen LogP contribution in [0.3, 0.4) is 0 Å². The Bertz CT molecular complexity index is 298. The Hall–Kier alpha value is -0.260. The van der Waals surface area contributed by atoms with Crippen LogP contribution in [-0.2, 0) is 0 Å². The summed E-state index contributed by atoms with van der Waals surface area (Å²) < 4.78 is 0. The number of nitrogens with two attached hydrogens (primary N) is 1. The van der Waals surface area contributed by atoms with E-state index in [1.807, 2.05) is 0 Å². The molecule has 2 nitrogen and oxygen atoms in total. The molecule has 15 heavy (non-hydrogen) atoms. The lowest BCUT2D eigenvalue weighted by atomic mass is 9.63. The molecule has 0 spiro atoms. The van der Waals surface area contributed by atoms with Crippen LogP contribution in [-0.4, -0.2) is 5.54 Å². The molecule has 3 heteroatoms. The fourth-order valence-electron chi connectivity index (χ4n) is 4.45. The molecule has 0 heterocycles. The lowest BCUT2D eigenvalue weighted by Gasteiger charge is -2.46. The molecule has 84 valence electrons. The summed E-state index contributed by atoms with van der Waals surface area (Å²) in [5, 5.41) is 9.16. The average Bonchev–Trinajstić information content (AvgIpc) is 2.26. The third-order valence-corrected chi connectivity index (χ3v) is 4.68. The van der Waals surface area contributed by atoms with Crippen LogP contribution in [0.4, 0.5) is 0 Å². The second-order valence-electron chi connectivity index (χ2n) is 5.91. The van der Waals surface area contributed by atoms with Crippen molar-refractivity contribution in [1.29, 1.82) is 5.26 Å². The topological polar surface area (TPSA) is 49.8 Å². The van der Waals surface area contributed by atoms with Crippen molar-refractivity contribution >= 4 is 12.4 Å². The van der Waals surface area contributed by atoms with Gasteiger partial charge in [-0.15, -0.1) is 12.4 Å². The van der Waals surface area contributed by atoms with Crippen LogP contribution < -0.4 is 5.73 Å². The molecule has 4 aliphatic carbocycles. The molecular formula is C12H19ClN2. The zero-order chi connectivity index (χ0) is 9.76. The fourth-order valence-corrected chi connectivity index (χ4v) is 4.45. The molecule has 0 aliphatic heterocycles. The van der Waals surface area contributed by atoms with Gasteiger partial charge in [-0.3, -0.25) is 0 Å². The normalized spacial score (nSPS) is 51.7. The van der Waals surface area contributed by atoms with Crippen LogP contribution in [0, 0.1) is 35.0 Å². The van der Waals surface area contributed by atoms with Gasteiger partial charge in [0, 0.05) is 11.5 Å². The van der Waals surface area contributed by atoms with E-state index < -0.39 is 0 Å². The number of nitrogens with zero attached hydrogens (tertiary/aromatic N) is 1. The molecule has 4 fully saturated rings. The molecule has 0 radical (unpaired) electrons. The van der Waals surface area contributed by atoms with E-state index in [4.69, 9.17) is 11.0 Å². The minimum atomic E-state index is 0. The molecule has 5 atom stereocenters. The highest BCUT2D eigenvalue weighted by Gasteiger charge is 2.49. The third-order valence-electron chi connectivity index (χ3n) is 4.68. The molecule has 4 aliphatic rings. The van der Waals surface area contributed by atoms with E-state index in [1.54, 1.807) is 0 Å². The molecule has 4 bridgehead atoms. The molecule has 0 aromatic rings. The minimum absolute atomic E-state index is 0. The Kier molecular flexibility index (Phi) is 2.73. The summed E-state index contributed by atoms with van der Waals surface area (Å²) in [6, 6.07) is 2.52. The Morgan fingerprint density at radius 3 is 2.33 bits per heavy atom. The largest absolute Gasteiger partial charge is 0.325 e. The van der Waals surface area contributed by atoms with Gasteiger partial charge in [-0.25, -0.2) is 0 Å². The number of halogens is 1. The zero-order valence-electron chi connectivity index (χ0n) is 8.98. The van der Waals surface area contributed by atoms with E-state index in [0.717, 1.165) is 24.7 Å². The quantitative estimate of drug-likeness (QED) is 0.690. The van der Waals surface area contributed by atoms with E-state index in [0.29, 0.717) is 11.8 Å². The first-order valence-electron chi connectivity index (χ1n) is 5.87. The van der Waals surface area contributed by atoms with Crippen LogP contribution in [0.25, 0.3) is 0 Å². The smallest absolute Gasteiger partial charge is 0.0658 e. The van der Waals surface area contributed by atoms with Crippen LogP contribution >= 0.6 is 12.4 Å². The van der Waals surface area contributed by atoms with Gasteiger partial charge in [0.15, 0.2) is 0 Å². The lowest BCUT2D eigenvalue weighted by molar-refractivity contribution is 0.101. The average molecular weight is 227 g/mol. The summed E-state index contributed by atoms with van der Waals surface area (Å²) in [6.07, 6.45) is 7.33. The van der Waals surface area contributed by atoms with Crippen molar-refractivity contribution in [3.63, 3.8) is 0 Å². The Balaban J connectivity index is 0.000000853. The summed E-state index contributed by atoms with van der Waals surface area (Å²) in [6.45, 7) is 0. The van der Waals surface area contributed by atoms with Gasteiger partial charge < -0.3 is 5.73 Å². The summed E-state index contributed by atoms with van der Waals surface area (Å²) >= 11 is 0. The maximum Gasteiger partial charge on any atom is 0.0658 e. The van der Waals surface area contributed by atoms with Crippen molar-refractivity contribution in [3.8, 4) is 6.07 Å². The molecule has 0 aromatic heterocycles. The Morgan fingerprint density at radius 2 is 1.73 bits per heavy atom. The molecular weight excluding hydrogens is 208 g/mol. The van der Waals surface area contributed by atoms with Crippen LogP contribution in [0.1, 0.15) is 38.5 Å². The highest BCUT2D eigenvalue weighted by molar-refractivity contribution is 5.85. The highest BCUT2D eigenvalue weighted by Crippen LogP contribution is 2.53. The lowest BCUT2D eigenvalue weighted by Crippen LogP contribution is -2.50. The number of hydrogen-bond acceptors (Lipinski definition) is 2. The van der Waals surface area contributed by atoms with Crippen molar-refractivity contribution in [2.75, 3.05) is 0 Å². The van der Waals surface area contributed by atoms with Gasteiger partial charge in [0.25, 0.3) is 0 Å². The van der Waals surface area contributed by atoms with Gasteiger partial charge in [-0.05, 0) is 56.3 Å². The van der Waals surface area contributed by atoms with E-state index in [2.05, 4.69) is 6.07 Å². The maximum atomic E-state index is 9.16. The maximum absolute atomic E-state index is 9.16. The van der Waals surface area contributed by atoms with Crippen LogP contribution in [0.5, 0.6) is 0 Å². The Morgan fingerprint density at radius 1 is 1.07 bits per heavy atom. The zero-order valence-corrected chi connectivity index (χ0v) is 9.80. The molecule has 4 saturated carbocycles. The molecule has 0 unspecified atom stereocenters. The first kappa shape index (κ1) is 11.2. The molecule has 0 amide bonds. The first-order chi connectivity index (χ1) is 6.68. The predicted octanol–water partition coefficient (Wildman–Crippen LogP) is 2.48. The van der Waals surface area contributed by atoms with Crippen molar-refractivity contribution in [1.82, 2.24) is 0 Å². The SMILES string of the molecule is Cl.N#C[C@H]1C[C@@H]2C[C@@H]3C[C@H]1C[C@@](N)(C3)C2. The van der Waals surface area contributed by atoms with E-state index in [9.17, 15) is 0 Å². The third kappa shape index (κ3) is 1.77. The second-order valence-corrected chi connectivity index (χ2v) is 5.91. The number of fused-ring (bicyclic) bond motifs is 1. The summed E-state index contributed by atoms with van der Waals surface area (Å²) in [5.41, 5.74) is 6.54. The fraction of sp³-hybridized carbons (Fsp3) is 0.917. The van der Waals surface area contributed by atoms with Gasteiger partial charge in [-0.1, -0.05) is 0 Å². The monoisotopic (exact) mass is 226 g/mol. The number of hydrogen-bond donors (Lipinski definition) is 1. The summed E-state index contributed by atoms with van der Waals surface area (Å²) in [4.78, 5) is 0. The van der Waals surface area contributed by atoms with E-state index >= 15 is 0 Å². The minimum Gasteiger partial charge on any atom is -0.325 e. The number of rotatable bonds is 0. The standard InChI is InChI=1S/C12H18N2.ClH/c13-7-11-3-9-1-8-2-10(11)6-12(14,4-8)5-9;/h8-11H,1-6,14H2;1H/t8-,9+,10+,11-,12-;/m1./s1. The predicted molar refractivity (Wildman–Crippen MR) is 61.4 cm³/mol. The highest BCUT2D eigenvalue weighted by atomic mass is 35.5. The van der Waals surface area contributed by atoms with Gasteiger partial charge in [0.05, 0.1) is 6.07 Å². The van der Waals surface area contributed by atoms with Gasteiger partial charge >= 0.3 is 0 Å². The van der Waals surface area contributed by atoms with Crippen molar-refractivity contribution in [2.45, 2.75) is 44.1 Å². The molecule has 2 N–H and O–H groups in total. The summed E-state index contributed by atoms with van der Waals surface area (Å²) in [5.74, 6) is 2.54. The van der Waals surface area contributed by atoms with Crippen molar-refractivity contribution in [3.05, 3.63) is 0 Å². The number of nitriles is 1. The van der Waals surface area contributed by atoms with Gasteiger partial charge in [0.2, 0.25) is 0 Å². The van der Waals surface area contributed by atoms with Crippen molar-refractivity contribution in [2.24, 2.45) is 29.4 Å². The first-order valence-corrected chi connectivity index (χ1v) is 5.87. The van der Waals surface area contributed by atoms with Crippen LogP contribution in [0.15, 0.2) is 0 Å². The molecule has 4 rings (SSSR count).